The number of fused-ring (bicyclic) bond motifs is 1. The first-order valence-corrected chi connectivity index (χ1v) is 12.6. The Morgan fingerprint density at radius 1 is 0.868 bits per heavy atom. The van der Waals surface area contributed by atoms with Gasteiger partial charge >= 0.3 is 5.97 Å². The molecule has 0 fully saturated rings. The molecule has 0 amide bonds. The number of aryl methyl sites for hydroxylation is 1. The van der Waals surface area contributed by atoms with E-state index < -0.39 is 5.97 Å². The molecule has 0 bridgehead atoms. The molecule has 1 aromatic heterocycles. The number of carboxylic acids is 1. The zero-order valence-electron chi connectivity index (χ0n) is 21.5. The van der Waals surface area contributed by atoms with Gasteiger partial charge in [0.05, 0.1) is 17.2 Å². The Balaban J connectivity index is 1.32. The Bertz CT molecular complexity index is 1660. The molecule has 0 saturated carbocycles. The Labute approximate surface area is 222 Å². The van der Waals surface area contributed by atoms with Crippen LogP contribution in [-0.2, 0) is 19.6 Å². The summed E-state index contributed by atoms with van der Waals surface area (Å²) in [6.45, 7) is 6.59. The Kier molecular flexibility index (Phi) is 7.08. The van der Waals surface area contributed by atoms with Crippen LogP contribution in [0.25, 0.3) is 22.0 Å². The monoisotopic (exact) mass is 499 g/mol. The second-order valence-corrected chi connectivity index (χ2v) is 9.61. The van der Waals surface area contributed by atoms with Crippen LogP contribution in [0.15, 0.2) is 91.0 Å². The Hall–Kier alpha value is -4.66. The molecule has 0 aliphatic carbocycles. The first-order valence-electron chi connectivity index (χ1n) is 12.6. The molecule has 0 spiro atoms. The quantitative estimate of drug-likeness (QED) is 0.245. The van der Waals surface area contributed by atoms with Crippen LogP contribution in [-0.4, -0.2) is 15.6 Å². The molecule has 0 radical (unpaired) electrons. The number of carbonyl (C=O) groups is 1. The predicted molar refractivity (Wildman–Crippen MR) is 151 cm³/mol. The molecule has 2 N–H and O–H groups in total. The lowest BCUT2D eigenvalue weighted by molar-refractivity contribution is 0.0697. The molecule has 4 aromatic carbocycles. The van der Waals surface area contributed by atoms with Crippen molar-refractivity contribution < 1.29 is 9.90 Å². The molecular weight excluding hydrogens is 470 g/mol. The number of carboxylic acid groups (broad SMARTS) is 1. The standard InChI is InChI=1S/C33H29N3O2/c1-22-23(2)36(21-26-11-14-28(15-12-26)29-5-3-4-6-30(29)33(37)38)32-16-13-27(17-31(22)32)20-35-19-25-9-7-24(18-34)8-10-25/h3-17,35H,19-21H2,1-2H3,(H,37,38). The van der Waals surface area contributed by atoms with Crippen LogP contribution >= 0.6 is 0 Å². The van der Waals surface area contributed by atoms with Crippen LogP contribution in [0.3, 0.4) is 0 Å². The number of hydrogen-bond donors (Lipinski definition) is 2. The van der Waals surface area contributed by atoms with Gasteiger partial charge in [-0.2, -0.15) is 5.26 Å². The highest BCUT2D eigenvalue weighted by molar-refractivity contribution is 5.96. The molecule has 0 unspecified atom stereocenters. The lowest BCUT2D eigenvalue weighted by atomic mass is 9.99. The summed E-state index contributed by atoms with van der Waals surface area (Å²) in [6, 6.07) is 31.7. The van der Waals surface area contributed by atoms with E-state index in [2.05, 4.69) is 60.1 Å². The highest BCUT2D eigenvalue weighted by Gasteiger charge is 2.13. The predicted octanol–water partition coefficient (Wildman–Crippen LogP) is 6.83. The molecule has 38 heavy (non-hydrogen) atoms. The van der Waals surface area contributed by atoms with Gasteiger partial charge in [0.25, 0.3) is 0 Å². The van der Waals surface area contributed by atoms with E-state index in [-0.39, 0.29) is 0 Å². The van der Waals surface area contributed by atoms with Gasteiger partial charge in [0.1, 0.15) is 0 Å². The van der Waals surface area contributed by atoms with Gasteiger partial charge in [0, 0.05) is 36.2 Å². The number of nitrogens with one attached hydrogen (secondary N) is 1. The topological polar surface area (TPSA) is 78.1 Å². The van der Waals surface area contributed by atoms with Gasteiger partial charge in [0.15, 0.2) is 0 Å². The second kappa shape index (κ2) is 10.8. The van der Waals surface area contributed by atoms with Crippen LogP contribution in [0.2, 0.25) is 0 Å². The van der Waals surface area contributed by atoms with Gasteiger partial charge < -0.3 is 15.0 Å². The van der Waals surface area contributed by atoms with Crippen molar-refractivity contribution in [3.63, 3.8) is 0 Å². The molecular formula is C33H29N3O2. The van der Waals surface area contributed by atoms with E-state index in [0.29, 0.717) is 11.1 Å². The third kappa shape index (κ3) is 5.08. The van der Waals surface area contributed by atoms with E-state index in [1.165, 1.54) is 27.7 Å². The molecule has 0 aliphatic rings. The zero-order valence-corrected chi connectivity index (χ0v) is 21.5. The van der Waals surface area contributed by atoms with Crippen molar-refractivity contribution in [3.05, 3.63) is 130 Å². The van der Waals surface area contributed by atoms with Crippen LogP contribution in [0.5, 0.6) is 0 Å². The third-order valence-electron chi connectivity index (χ3n) is 7.21. The molecule has 5 rings (SSSR count). The maximum Gasteiger partial charge on any atom is 0.336 e. The smallest absolute Gasteiger partial charge is 0.336 e. The summed E-state index contributed by atoms with van der Waals surface area (Å²) in [5.74, 6) is -0.918. The summed E-state index contributed by atoms with van der Waals surface area (Å²) in [5, 5.41) is 23.3. The van der Waals surface area contributed by atoms with Crippen LogP contribution in [0.4, 0.5) is 0 Å². The number of rotatable bonds is 8. The summed E-state index contributed by atoms with van der Waals surface area (Å²) in [5.41, 5.74) is 9.88. The number of nitriles is 1. The number of hydrogen-bond acceptors (Lipinski definition) is 3. The molecule has 1 heterocycles. The summed E-state index contributed by atoms with van der Waals surface area (Å²) in [7, 11) is 0. The lowest BCUT2D eigenvalue weighted by Crippen LogP contribution is -2.12. The minimum Gasteiger partial charge on any atom is -0.478 e. The van der Waals surface area contributed by atoms with Crippen molar-refractivity contribution in [1.29, 1.82) is 5.26 Å². The fourth-order valence-corrected chi connectivity index (χ4v) is 4.95. The molecule has 188 valence electrons. The highest BCUT2D eigenvalue weighted by atomic mass is 16.4. The minimum absolute atomic E-state index is 0.310. The summed E-state index contributed by atoms with van der Waals surface area (Å²) in [6.07, 6.45) is 0. The van der Waals surface area contributed by atoms with Gasteiger partial charge in [-0.25, -0.2) is 4.79 Å². The van der Waals surface area contributed by atoms with Crippen molar-refractivity contribution in [3.8, 4) is 17.2 Å². The van der Waals surface area contributed by atoms with E-state index in [1.54, 1.807) is 12.1 Å². The van der Waals surface area contributed by atoms with E-state index >= 15 is 0 Å². The second-order valence-electron chi connectivity index (χ2n) is 9.61. The molecule has 0 saturated heterocycles. The van der Waals surface area contributed by atoms with Crippen molar-refractivity contribution in [2.24, 2.45) is 0 Å². The number of nitrogens with zero attached hydrogens (tertiary/aromatic N) is 2. The van der Waals surface area contributed by atoms with E-state index in [1.807, 2.05) is 48.5 Å². The Morgan fingerprint density at radius 2 is 1.53 bits per heavy atom. The van der Waals surface area contributed by atoms with Crippen molar-refractivity contribution in [1.82, 2.24) is 9.88 Å². The molecule has 5 heteroatoms. The van der Waals surface area contributed by atoms with Crippen LogP contribution in [0.1, 0.15) is 43.9 Å². The number of aromatic nitrogens is 1. The number of aromatic carboxylic acids is 1. The molecule has 5 nitrogen and oxygen atoms in total. The molecule has 0 aliphatic heterocycles. The normalized spacial score (nSPS) is 11.0. The summed E-state index contributed by atoms with van der Waals surface area (Å²) in [4.78, 5) is 11.6. The van der Waals surface area contributed by atoms with Gasteiger partial charge in [-0.05, 0) is 77.6 Å². The van der Waals surface area contributed by atoms with Gasteiger partial charge in [0.2, 0.25) is 0 Å². The lowest BCUT2D eigenvalue weighted by Gasteiger charge is -2.11. The molecule has 5 aromatic rings. The average molecular weight is 500 g/mol. The first kappa shape index (κ1) is 25.0. The maximum absolute atomic E-state index is 11.6. The summed E-state index contributed by atoms with van der Waals surface area (Å²) >= 11 is 0. The van der Waals surface area contributed by atoms with E-state index in [4.69, 9.17) is 5.26 Å². The van der Waals surface area contributed by atoms with Crippen molar-refractivity contribution in [2.75, 3.05) is 0 Å². The Morgan fingerprint density at radius 3 is 2.24 bits per heavy atom. The highest BCUT2D eigenvalue weighted by Crippen LogP contribution is 2.29. The zero-order chi connectivity index (χ0) is 26.6. The van der Waals surface area contributed by atoms with Crippen molar-refractivity contribution >= 4 is 16.9 Å². The van der Waals surface area contributed by atoms with Gasteiger partial charge in [-0.15, -0.1) is 0 Å². The summed E-state index contributed by atoms with van der Waals surface area (Å²) < 4.78 is 2.35. The van der Waals surface area contributed by atoms with Gasteiger partial charge in [-0.3, -0.25) is 0 Å². The van der Waals surface area contributed by atoms with Crippen LogP contribution in [0, 0.1) is 25.2 Å². The largest absolute Gasteiger partial charge is 0.478 e. The maximum atomic E-state index is 11.6. The van der Waals surface area contributed by atoms with Crippen molar-refractivity contribution in [2.45, 2.75) is 33.5 Å². The minimum atomic E-state index is -0.918. The van der Waals surface area contributed by atoms with E-state index in [0.717, 1.165) is 41.9 Å². The SMILES string of the molecule is Cc1c(C)n(Cc2ccc(-c3ccccc3C(=O)O)cc2)c2ccc(CNCc3ccc(C#N)cc3)cc12. The van der Waals surface area contributed by atoms with E-state index in [9.17, 15) is 9.90 Å². The number of benzene rings is 4. The van der Waals surface area contributed by atoms with Crippen LogP contribution < -0.4 is 5.32 Å². The first-order chi connectivity index (χ1) is 18.4. The fourth-order valence-electron chi connectivity index (χ4n) is 4.95. The van der Waals surface area contributed by atoms with Gasteiger partial charge in [-0.1, -0.05) is 60.7 Å². The third-order valence-corrected chi connectivity index (χ3v) is 7.21. The molecule has 0 atom stereocenters. The fraction of sp³-hybridized carbons (Fsp3) is 0.152. The average Bonchev–Trinajstić information content (AvgIpc) is 3.18.